The van der Waals surface area contributed by atoms with Gasteiger partial charge in [-0.2, -0.15) is 4.98 Å². The van der Waals surface area contributed by atoms with E-state index in [1.54, 1.807) is 0 Å². The molecule has 0 spiro atoms. The molecule has 0 aliphatic heterocycles. The number of alkyl halides is 2. The first-order valence-electron chi connectivity index (χ1n) is 5.93. The van der Waals surface area contributed by atoms with Gasteiger partial charge in [-0.1, -0.05) is 19.0 Å². The largest absolute Gasteiger partial charge is 0.375 e. The van der Waals surface area contributed by atoms with E-state index < -0.39 is 13.0 Å². The van der Waals surface area contributed by atoms with Gasteiger partial charge in [0.05, 0.1) is 12.6 Å². The fourth-order valence-corrected chi connectivity index (χ4v) is 1.46. The van der Waals surface area contributed by atoms with E-state index in [1.807, 2.05) is 0 Å². The molecule has 1 aromatic heterocycles. The predicted molar refractivity (Wildman–Crippen MR) is 61.2 cm³/mol. The Balaban J connectivity index is 2.34. The van der Waals surface area contributed by atoms with Gasteiger partial charge >= 0.3 is 0 Å². The molecule has 0 aromatic carbocycles. The van der Waals surface area contributed by atoms with Crippen molar-refractivity contribution < 1.29 is 18.0 Å². The molecule has 1 unspecified atom stereocenters. The first kappa shape index (κ1) is 15.0. The van der Waals surface area contributed by atoms with E-state index in [4.69, 9.17) is 15.0 Å². The minimum atomic E-state index is -2.45. The van der Waals surface area contributed by atoms with Crippen LogP contribution in [0, 0.1) is 5.92 Å². The molecule has 1 atom stereocenters. The van der Waals surface area contributed by atoms with Gasteiger partial charge in [0.25, 0.3) is 6.43 Å². The van der Waals surface area contributed by atoms with Crippen LogP contribution in [0.4, 0.5) is 8.78 Å². The van der Waals surface area contributed by atoms with Crippen LogP contribution in [-0.4, -0.2) is 29.8 Å². The zero-order valence-electron chi connectivity index (χ0n) is 10.6. The van der Waals surface area contributed by atoms with Gasteiger partial charge in [-0.25, -0.2) is 8.78 Å². The second kappa shape index (κ2) is 7.38. The smallest absolute Gasteiger partial charge is 0.261 e. The maximum absolute atomic E-state index is 11.8. The Hall–Kier alpha value is -1.08. The standard InChI is InChI=1S/C11H19F2N3O2/c1-7(2)5-8(14)11-15-10(16-18-11)3-4-17-6-9(12)13/h7-9H,3-6,14H2,1-2H3. The maximum atomic E-state index is 11.8. The lowest BCUT2D eigenvalue weighted by Gasteiger charge is -2.08. The van der Waals surface area contributed by atoms with Gasteiger partial charge in [0.1, 0.15) is 6.61 Å². The summed E-state index contributed by atoms with van der Waals surface area (Å²) >= 11 is 0. The highest BCUT2D eigenvalue weighted by Crippen LogP contribution is 2.16. The molecule has 7 heteroatoms. The topological polar surface area (TPSA) is 74.2 Å². The number of aromatic nitrogens is 2. The van der Waals surface area contributed by atoms with Crippen molar-refractivity contribution in [2.24, 2.45) is 11.7 Å². The molecule has 1 rings (SSSR count). The highest BCUT2D eigenvalue weighted by molar-refractivity contribution is 4.92. The van der Waals surface area contributed by atoms with Gasteiger partial charge in [-0.05, 0) is 12.3 Å². The first-order valence-corrected chi connectivity index (χ1v) is 5.93. The lowest BCUT2D eigenvalue weighted by Crippen LogP contribution is -2.13. The molecule has 104 valence electrons. The molecule has 0 fully saturated rings. The Kier molecular flexibility index (Phi) is 6.14. The van der Waals surface area contributed by atoms with Gasteiger partial charge in [0, 0.05) is 6.42 Å². The first-order chi connectivity index (χ1) is 8.49. The van der Waals surface area contributed by atoms with Crippen molar-refractivity contribution >= 4 is 0 Å². The zero-order valence-corrected chi connectivity index (χ0v) is 10.6. The van der Waals surface area contributed by atoms with Crippen LogP contribution in [0.2, 0.25) is 0 Å². The number of nitrogens with two attached hydrogens (primary N) is 1. The molecule has 0 saturated heterocycles. The molecular weight excluding hydrogens is 244 g/mol. The highest BCUT2D eigenvalue weighted by atomic mass is 19.3. The van der Waals surface area contributed by atoms with Crippen molar-refractivity contribution in [1.29, 1.82) is 0 Å². The molecule has 0 saturated carbocycles. The Bertz CT molecular complexity index is 345. The van der Waals surface area contributed by atoms with Gasteiger partial charge in [0.2, 0.25) is 5.89 Å². The van der Waals surface area contributed by atoms with E-state index in [-0.39, 0.29) is 12.6 Å². The van der Waals surface area contributed by atoms with Crippen LogP contribution in [0.15, 0.2) is 4.52 Å². The summed E-state index contributed by atoms with van der Waals surface area (Å²) in [5.41, 5.74) is 5.88. The number of halogens is 2. The fraction of sp³-hybridized carbons (Fsp3) is 0.818. The molecule has 0 amide bonds. The summed E-state index contributed by atoms with van der Waals surface area (Å²) in [7, 11) is 0. The monoisotopic (exact) mass is 263 g/mol. The van der Waals surface area contributed by atoms with Crippen LogP contribution >= 0.6 is 0 Å². The van der Waals surface area contributed by atoms with Gasteiger partial charge in [0.15, 0.2) is 5.82 Å². The van der Waals surface area contributed by atoms with E-state index in [0.29, 0.717) is 24.1 Å². The number of rotatable bonds is 8. The van der Waals surface area contributed by atoms with Crippen LogP contribution in [0.1, 0.15) is 38.0 Å². The SMILES string of the molecule is CC(C)CC(N)c1nc(CCOCC(F)F)no1. The Morgan fingerprint density at radius 2 is 2.11 bits per heavy atom. The molecule has 0 bridgehead atoms. The Morgan fingerprint density at radius 1 is 1.39 bits per heavy atom. The van der Waals surface area contributed by atoms with Gasteiger partial charge < -0.3 is 15.0 Å². The molecule has 2 N–H and O–H groups in total. The summed E-state index contributed by atoms with van der Waals surface area (Å²) in [5, 5.41) is 3.73. The lowest BCUT2D eigenvalue weighted by atomic mass is 10.0. The average molecular weight is 263 g/mol. The van der Waals surface area contributed by atoms with Crippen LogP contribution in [0.3, 0.4) is 0 Å². The van der Waals surface area contributed by atoms with Crippen molar-refractivity contribution in [3.05, 3.63) is 11.7 Å². The zero-order chi connectivity index (χ0) is 13.5. The van der Waals surface area contributed by atoms with Gasteiger partial charge in [-0.15, -0.1) is 0 Å². The molecule has 1 heterocycles. The minimum absolute atomic E-state index is 0.142. The normalized spacial score (nSPS) is 13.5. The van der Waals surface area contributed by atoms with E-state index in [0.717, 1.165) is 6.42 Å². The maximum Gasteiger partial charge on any atom is 0.261 e. The van der Waals surface area contributed by atoms with Crippen molar-refractivity contribution in [3.8, 4) is 0 Å². The molecule has 0 aliphatic rings. The van der Waals surface area contributed by atoms with Gasteiger partial charge in [-0.3, -0.25) is 0 Å². The lowest BCUT2D eigenvalue weighted by molar-refractivity contribution is 0.0182. The number of hydrogen-bond acceptors (Lipinski definition) is 5. The Labute approximate surface area is 105 Å². The summed E-state index contributed by atoms with van der Waals surface area (Å²) in [6.45, 7) is 3.67. The summed E-state index contributed by atoms with van der Waals surface area (Å²) in [5.74, 6) is 1.25. The third-order valence-corrected chi connectivity index (χ3v) is 2.24. The van der Waals surface area contributed by atoms with Crippen LogP contribution in [0.5, 0.6) is 0 Å². The van der Waals surface area contributed by atoms with Crippen molar-refractivity contribution in [2.75, 3.05) is 13.2 Å². The fourth-order valence-electron chi connectivity index (χ4n) is 1.46. The second-order valence-corrected chi connectivity index (χ2v) is 4.50. The molecule has 18 heavy (non-hydrogen) atoms. The van der Waals surface area contributed by atoms with Crippen molar-refractivity contribution in [2.45, 2.75) is 39.2 Å². The molecule has 0 radical (unpaired) electrons. The molecule has 5 nitrogen and oxygen atoms in total. The van der Waals surface area contributed by atoms with E-state index >= 15 is 0 Å². The summed E-state index contributed by atoms with van der Waals surface area (Å²) in [6.07, 6.45) is -1.36. The predicted octanol–water partition coefficient (Wildman–Crippen LogP) is 1.94. The number of nitrogens with zero attached hydrogens (tertiary/aromatic N) is 2. The second-order valence-electron chi connectivity index (χ2n) is 4.50. The summed E-state index contributed by atoms with van der Waals surface area (Å²) in [4.78, 5) is 4.11. The third-order valence-electron chi connectivity index (χ3n) is 2.24. The summed E-state index contributed by atoms with van der Waals surface area (Å²) < 4.78 is 33.3. The molecular formula is C11H19F2N3O2. The third kappa shape index (κ3) is 5.50. The summed E-state index contributed by atoms with van der Waals surface area (Å²) in [6, 6.07) is -0.284. The average Bonchev–Trinajstić information content (AvgIpc) is 2.72. The van der Waals surface area contributed by atoms with Crippen LogP contribution < -0.4 is 5.73 Å². The van der Waals surface area contributed by atoms with Crippen molar-refractivity contribution in [1.82, 2.24) is 10.1 Å². The quantitative estimate of drug-likeness (QED) is 0.725. The van der Waals surface area contributed by atoms with Crippen LogP contribution in [0.25, 0.3) is 0 Å². The van der Waals surface area contributed by atoms with E-state index in [2.05, 4.69) is 24.0 Å². The molecule has 0 aliphatic carbocycles. The highest BCUT2D eigenvalue weighted by Gasteiger charge is 2.16. The Morgan fingerprint density at radius 3 is 2.72 bits per heavy atom. The van der Waals surface area contributed by atoms with E-state index in [1.165, 1.54) is 0 Å². The number of hydrogen-bond donors (Lipinski definition) is 1. The van der Waals surface area contributed by atoms with Crippen LogP contribution in [-0.2, 0) is 11.2 Å². The number of ether oxygens (including phenoxy) is 1. The minimum Gasteiger partial charge on any atom is -0.375 e. The van der Waals surface area contributed by atoms with E-state index in [9.17, 15) is 8.78 Å². The van der Waals surface area contributed by atoms with Crippen molar-refractivity contribution in [3.63, 3.8) is 0 Å². The molecule has 1 aromatic rings.